The van der Waals surface area contributed by atoms with Crippen molar-refractivity contribution in [2.45, 2.75) is 94.8 Å². The molecule has 1 saturated heterocycles. The van der Waals surface area contributed by atoms with E-state index in [1.165, 1.54) is 6.92 Å². The highest BCUT2D eigenvalue weighted by Crippen LogP contribution is 2.47. The first-order valence-corrected chi connectivity index (χ1v) is 18.5. The molecule has 0 radical (unpaired) electrons. The Bertz CT molecular complexity index is 1750. The number of hydrogen-bond donors (Lipinski definition) is 4. The van der Waals surface area contributed by atoms with Crippen molar-refractivity contribution in [3.63, 3.8) is 0 Å². The molecule has 1 aliphatic heterocycles. The third kappa shape index (κ3) is 10.1. The van der Waals surface area contributed by atoms with Crippen molar-refractivity contribution in [2.75, 3.05) is 6.61 Å². The molecule has 1 heterocycles. The standard InChI is InChI=1S/C40H45IN2O10/c1-24(45)34(37(48)42-30(23-44)18-19-33(46)52-39(2,3)4)43-36(47)26-21-31(50-38(49)25-12-11-17-29(41)20-25)35-32(22-26)51-40(53-35,27-13-7-5-8-14-27)28-15-9-6-10-16-28/h5-17,20,22,24,30-32,34-35,44-45H,18-19,21,23H2,1-4H3,(H,42,48)(H,43,47)/t24-,30-,31+,32+,34+,35-/m0/s1. The molecule has 5 rings (SSSR count). The van der Waals surface area contributed by atoms with E-state index >= 15 is 0 Å². The molecule has 1 aliphatic carbocycles. The third-order valence-corrected chi connectivity index (χ3v) is 9.41. The minimum absolute atomic E-state index is 0.0678. The Morgan fingerprint density at radius 1 is 0.943 bits per heavy atom. The summed E-state index contributed by atoms with van der Waals surface area (Å²) in [6, 6.07) is 23.3. The van der Waals surface area contributed by atoms with Crippen LogP contribution in [0.25, 0.3) is 0 Å². The number of halogens is 1. The fourth-order valence-corrected chi connectivity index (χ4v) is 6.78. The van der Waals surface area contributed by atoms with Gasteiger partial charge in [0.05, 0.1) is 24.3 Å². The maximum atomic E-state index is 13.9. The Labute approximate surface area is 322 Å². The Kier molecular flexibility index (Phi) is 13.1. The summed E-state index contributed by atoms with van der Waals surface area (Å²) < 4.78 is 25.7. The zero-order valence-electron chi connectivity index (χ0n) is 30.0. The van der Waals surface area contributed by atoms with E-state index in [0.29, 0.717) is 16.7 Å². The minimum atomic E-state index is -1.43. The Morgan fingerprint density at radius 2 is 1.58 bits per heavy atom. The van der Waals surface area contributed by atoms with Gasteiger partial charge in [0.2, 0.25) is 17.6 Å². The molecule has 0 bridgehead atoms. The van der Waals surface area contributed by atoms with Gasteiger partial charge in [-0.2, -0.15) is 0 Å². The number of aliphatic hydroxyl groups is 2. The molecular weight excluding hydrogens is 795 g/mol. The van der Waals surface area contributed by atoms with Crippen LogP contribution in [0.5, 0.6) is 0 Å². The van der Waals surface area contributed by atoms with Gasteiger partial charge < -0.3 is 39.8 Å². The van der Waals surface area contributed by atoms with Gasteiger partial charge in [-0.05, 0) is 81.0 Å². The maximum Gasteiger partial charge on any atom is 0.338 e. The number of aliphatic hydroxyl groups excluding tert-OH is 2. The lowest BCUT2D eigenvalue weighted by Crippen LogP contribution is -2.55. The summed E-state index contributed by atoms with van der Waals surface area (Å²) in [4.78, 5) is 53.0. The first-order valence-electron chi connectivity index (χ1n) is 17.4. The van der Waals surface area contributed by atoms with Gasteiger partial charge in [-0.1, -0.05) is 66.7 Å². The normalized spacial score (nSPS) is 20.9. The topological polar surface area (TPSA) is 170 Å². The monoisotopic (exact) mass is 840 g/mol. The molecule has 12 nitrogen and oxygen atoms in total. The number of nitrogens with one attached hydrogen (secondary N) is 2. The first-order chi connectivity index (χ1) is 25.2. The number of fused-ring (bicyclic) bond motifs is 1. The van der Waals surface area contributed by atoms with Crippen molar-refractivity contribution in [1.82, 2.24) is 10.6 Å². The SMILES string of the molecule is C[C@H](O)[C@@H](NC(=O)C1=C[C@H]2OC(c3ccccc3)(c3ccccc3)O[C@H]2[C@H](OC(=O)c2cccc(I)c2)C1)C(=O)N[C@H](CO)CCC(=O)OC(C)(C)C. The lowest BCUT2D eigenvalue weighted by Gasteiger charge is -2.32. The van der Waals surface area contributed by atoms with Gasteiger partial charge in [-0.15, -0.1) is 0 Å². The predicted octanol–water partition coefficient (Wildman–Crippen LogP) is 4.30. The fourth-order valence-electron chi connectivity index (χ4n) is 6.24. The summed E-state index contributed by atoms with van der Waals surface area (Å²) in [5.74, 6) is -3.98. The van der Waals surface area contributed by atoms with Crippen LogP contribution >= 0.6 is 22.6 Å². The number of amides is 2. The van der Waals surface area contributed by atoms with Gasteiger partial charge in [-0.3, -0.25) is 14.4 Å². The molecule has 3 aromatic carbocycles. The number of carbonyl (C=O) groups excluding carboxylic acids is 4. The van der Waals surface area contributed by atoms with E-state index in [0.717, 1.165) is 3.57 Å². The molecule has 0 saturated carbocycles. The van der Waals surface area contributed by atoms with E-state index in [-0.39, 0.29) is 24.8 Å². The van der Waals surface area contributed by atoms with Crippen LogP contribution in [0, 0.1) is 3.57 Å². The predicted molar refractivity (Wildman–Crippen MR) is 202 cm³/mol. The molecule has 0 spiro atoms. The minimum Gasteiger partial charge on any atom is -0.460 e. The Balaban J connectivity index is 1.40. The molecule has 0 unspecified atom stereocenters. The van der Waals surface area contributed by atoms with Gasteiger partial charge in [0.25, 0.3) is 0 Å². The second-order valence-electron chi connectivity index (χ2n) is 14.1. The van der Waals surface area contributed by atoms with E-state index in [9.17, 15) is 29.4 Å². The molecule has 53 heavy (non-hydrogen) atoms. The van der Waals surface area contributed by atoms with E-state index in [1.807, 2.05) is 66.7 Å². The number of rotatable bonds is 13. The average molecular weight is 841 g/mol. The van der Waals surface area contributed by atoms with Gasteiger partial charge in [0.1, 0.15) is 30.0 Å². The van der Waals surface area contributed by atoms with Crippen LogP contribution in [0.1, 0.15) is 68.4 Å². The van der Waals surface area contributed by atoms with Crippen LogP contribution in [-0.4, -0.2) is 82.7 Å². The zero-order valence-corrected chi connectivity index (χ0v) is 32.1. The van der Waals surface area contributed by atoms with Crippen LogP contribution in [0.2, 0.25) is 0 Å². The molecule has 3 aromatic rings. The first kappa shape index (κ1) is 40.0. The molecule has 4 N–H and O–H groups in total. The molecule has 6 atom stereocenters. The van der Waals surface area contributed by atoms with Crippen molar-refractivity contribution >= 4 is 46.3 Å². The molecule has 0 aromatic heterocycles. The summed E-state index contributed by atoms with van der Waals surface area (Å²) in [6.45, 7) is 6.06. The highest BCUT2D eigenvalue weighted by Gasteiger charge is 2.55. The summed E-state index contributed by atoms with van der Waals surface area (Å²) in [5, 5.41) is 25.7. The number of benzene rings is 3. The maximum absolute atomic E-state index is 13.9. The number of ether oxygens (including phenoxy) is 4. The van der Waals surface area contributed by atoms with Crippen molar-refractivity contribution < 1.29 is 48.3 Å². The zero-order chi connectivity index (χ0) is 38.3. The van der Waals surface area contributed by atoms with E-state index < -0.39 is 78.2 Å². The van der Waals surface area contributed by atoms with Crippen LogP contribution in [-0.2, 0) is 39.1 Å². The quantitative estimate of drug-likeness (QED) is 0.144. The van der Waals surface area contributed by atoms with Gasteiger partial charge in [-0.25, -0.2) is 4.79 Å². The number of esters is 2. The van der Waals surface area contributed by atoms with Gasteiger partial charge in [0, 0.05) is 33.1 Å². The van der Waals surface area contributed by atoms with Crippen molar-refractivity contribution in [3.05, 3.63) is 117 Å². The molecule has 1 fully saturated rings. The Hall–Kier alpha value is -4.15. The van der Waals surface area contributed by atoms with Gasteiger partial charge in [0.15, 0.2) is 0 Å². The molecule has 282 valence electrons. The van der Waals surface area contributed by atoms with E-state index in [4.69, 9.17) is 18.9 Å². The molecule has 13 heteroatoms. The Morgan fingerprint density at radius 3 is 2.15 bits per heavy atom. The second-order valence-corrected chi connectivity index (χ2v) is 15.3. The van der Waals surface area contributed by atoms with Crippen LogP contribution in [0.15, 0.2) is 96.6 Å². The van der Waals surface area contributed by atoms with Crippen molar-refractivity contribution in [2.24, 2.45) is 0 Å². The average Bonchev–Trinajstić information content (AvgIpc) is 3.53. The lowest BCUT2D eigenvalue weighted by molar-refractivity contribution is -0.157. The fraction of sp³-hybridized carbons (Fsp3) is 0.400. The summed E-state index contributed by atoms with van der Waals surface area (Å²) >= 11 is 2.10. The molecule has 2 amide bonds. The lowest BCUT2D eigenvalue weighted by atomic mass is 9.91. The summed E-state index contributed by atoms with van der Waals surface area (Å²) in [7, 11) is 0. The number of hydrogen-bond acceptors (Lipinski definition) is 10. The largest absolute Gasteiger partial charge is 0.460 e. The van der Waals surface area contributed by atoms with Gasteiger partial charge >= 0.3 is 11.9 Å². The van der Waals surface area contributed by atoms with E-state index in [1.54, 1.807) is 45.0 Å². The molecule has 2 aliphatic rings. The van der Waals surface area contributed by atoms with Crippen molar-refractivity contribution in [1.29, 1.82) is 0 Å². The number of carbonyl (C=O) groups is 4. The van der Waals surface area contributed by atoms with E-state index in [2.05, 4.69) is 33.2 Å². The van der Waals surface area contributed by atoms with Crippen LogP contribution in [0.4, 0.5) is 0 Å². The second kappa shape index (κ2) is 17.3. The summed E-state index contributed by atoms with van der Waals surface area (Å²) in [6.07, 6.45) is -2.52. The molecular formula is C40H45IN2O10. The summed E-state index contributed by atoms with van der Waals surface area (Å²) in [5.41, 5.74) is 1.16. The smallest absolute Gasteiger partial charge is 0.338 e. The highest BCUT2D eigenvalue weighted by molar-refractivity contribution is 14.1. The van der Waals surface area contributed by atoms with Crippen molar-refractivity contribution in [3.8, 4) is 0 Å². The van der Waals surface area contributed by atoms with Crippen LogP contribution < -0.4 is 10.6 Å². The van der Waals surface area contributed by atoms with Crippen LogP contribution in [0.3, 0.4) is 0 Å². The third-order valence-electron chi connectivity index (χ3n) is 8.73. The highest BCUT2D eigenvalue weighted by atomic mass is 127.